The topological polar surface area (TPSA) is 29.9 Å². The average Bonchev–Trinajstić information content (AvgIpc) is 2.65. The Morgan fingerprint density at radius 2 is 2.25 bits per heavy atom. The lowest BCUT2D eigenvalue weighted by molar-refractivity contribution is 0.540. The van der Waals surface area contributed by atoms with Gasteiger partial charge in [0.2, 0.25) is 0 Å². The summed E-state index contributed by atoms with van der Waals surface area (Å²) in [5.41, 5.74) is 2.55. The van der Waals surface area contributed by atoms with Crippen molar-refractivity contribution in [1.29, 1.82) is 0 Å². The highest BCUT2D eigenvalue weighted by atomic mass is 32.2. The molecule has 0 saturated carbocycles. The lowest BCUT2D eigenvalue weighted by Gasteiger charge is -2.15. The first-order valence-corrected chi connectivity index (χ1v) is 7.34. The molecule has 1 atom stereocenters. The molecule has 1 heterocycles. The molecule has 0 aliphatic rings. The van der Waals surface area contributed by atoms with Crippen molar-refractivity contribution in [2.45, 2.75) is 39.3 Å². The maximum Gasteiger partial charge on any atom is 0.0666 e. The molecule has 1 N–H and O–H groups in total. The van der Waals surface area contributed by atoms with Gasteiger partial charge in [0.1, 0.15) is 0 Å². The van der Waals surface area contributed by atoms with Crippen molar-refractivity contribution >= 4 is 11.8 Å². The molecular weight excluding hydrogens is 218 g/mol. The summed E-state index contributed by atoms with van der Waals surface area (Å²) in [5, 5.41) is 8.05. The number of nitrogens with zero attached hydrogens (tertiary/aromatic N) is 2. The van der Waals surface area contributed by atoms with Gasteiger partial charge in [0.15, 0.2) is 0 Å². The molecule has 3 nitrogen and oxygen atoms in total. The summed E-state index contributed by atoms with van der Waals surface area (Å²) in [6, 6.07) is 0.611. The Kier molecular flexibility index (Phi) is 5.91. The molecule has 92 valence electrons. The minimum atomic E-state index is 0.611. The van der Waals surface area contributed by atoms with E-state index in [2.05, 4.69) is 36.7 Å². The maximum atomic E-state index is 4.45. The third-order valence-corrected chi connectivity index (χ3v) is 3.50. The first-order valence-electron chi connectivity index (χ1n) is 5.94. The highest BCUT2D eigenvalue weighted by Crippen LogP contribution is 2.08. The maximum absolute atomic E-state index is 4.45. The summed E-state index contributed by atoms with van der Waals surface area (Å²) in [4.78, 5) is 0. The second-order valence-corrected chi connectivity index (χ2v) is 4.98. The van der Waals surface area contributed by atoms with Crippen LogP contribution in [0.15, 0.2) is 6.20 Å². The molecule has 4 heteroatoms. The van der Waals surface area contributed by atoms with Crippen LogP contribution >= 0.6 is 11.8 Å². The van der Waals surface area contributed by atoms with Gasteiger partial charge in [0.25, 0.3) is 0 Å². The monoisotopic (exact) mass is 241 g/mol. The van der Waals surface area contributed by atoms with E-state index in [0.29, 0.717) is 6.04 Å². The fraction of sp³-hybridized carbons (Fsp3) is 0.750. The second-order valence-electron chi connectivity index (χ2n) is 4.07. The predicted octanol–water partition coefficient (Wildman–Crippen LogP) is 2.21. The Hall–Kier alpha value is -0.480. The van der Waals surface area contributed by atoms with E-state index in [4.69, 9.17) is 0 Å². The summed E-state index contributed by atoms with van der Waals surface area (Å²) in [6.07, 6.45) is 6.48. The van der Waals surface area contributed by atoms with Gasteiger partial charge in [-0.25, -0.2) is 0 Å². The third-order valence-electron chi connectivity index (χ3n) is 2.77. The first kappa shape index (κ1) is 13.6. The van der Waals surface area contributed by atoms with Gasteiger partial charge >= 0.3 is 0 Å². The minimum absolute atomic E-state index is 0.611. The zero-order valence-corrected chi connectivity index (χ0v) is 11.6. The molecule has 1 aromatic heterocycles. The third kappa shape index (κ3) is 3.83. The van der Waals surface area contributed by atoms with Gasteiger partial charge in [-0.05, 0) is 19.1 Å². The molecule has 0 spiro atoms. The van der Waals surface area contributed by atoms with Crippen molar-refractivity contribution in [3.05, 3.63) is 17.5 Å². The number of rotatable bonds is 7. The highest BCUT2D eigenvalue weighted by Gasteiger charge is 2.08. The van der Waals surface area contributed by atoms with Gasteiger partial charge in [-0.15, -0.1) is 0 Å². The first-order chi connectivity index (χ1) is 7.71. The van der Waals surface area contributed by atoms with E-state index in [1.165, 1.54) is 23.4 Å². The van der Waals surface area contributed by atoms with Crippen molar-refractivity contribution in [2.24, 2.45) is 7.05 Å². The fourth-order valence-electron chi connectivity index (χ4n) is 1.81. The molecule has 0 aliphatic heterocycles. The molecule has 0 aromatic carbocycles. The van der Waals surface area contributed by atoms with Crippen LogP contribution in [-0.4, -0.2) is 27.8 Å². The van der Waals surface area contributed by atoms with E-state index in [1.54, 1.807) is 0 Å². The molecule has 1 rings (SSSR count). The molecule has 0 saturated heterocycles. The van der Waals surface area contributed by atoms with E-state index in [-0.39, 0.29) is 0 Å². The Morgan fingerprint density at radius 3 is 2.81 bits per heavy atom. The van der Waals surface area contributed by atoms with Gasteiger partial charge in [-0.1, -0.05) is 13.8 Å². The largest absolute Gasteiger partial charge is 0.309 e. The second kappa shape index (κ2) is 6.97. The van der Waals surface area contributed by atoms with Gasteiger partial charge in [-0.2, -0.15) is 16.9 Å². The van der Waals surface area contributed by atoms with Crippen molar-refractivity contribution in [2.75, 3.05) is 12.0 Å². The van der Waals surface area contributed by atoms with Crippen molar-refractivity contribution in [1.82, 2.24) is 15.1 Å². The van der Waals surface area contributed by atoms with Gasteiger partial charge < -0.3 is 5.32 Å². The predicted molar refractivity (Wildman–Crippen MR) is 71.9 cm³/mol. The van der Waals surface area contributed by atoms with Gasteiger partial charge in [-0.3, -0.25) is 4.68 Å². The van der Waals surface area contributed by atoms with E-state index < -0.39 is 0 Å². The molecule has 16 heavy (non-hydrogen) atoms. The van der Waals surface area contributed by atoms with Crippen LogP contribution in [0.25, 0.3) is 0 Å². The summed E-state index contributed by atoms with van der Waals surface area (Å²) in [5.74, 6) is 1.18. The standard InChI is InChI=1S/C12H23N3S/c1-5-11(9-16-4)13-7-10-8-15(3)14-12(10)6-2/h8,11,13H,5-7,9H2,1-4H3. The van der Waals surface area contributed by atoms with Crippen LogP contribution in [0, 0.1) is 0 Å². The summed E-state index contributed by atoms with van der Waals surface area (Å²) in [6.45, 7) is 5.33. The molecule has 1 unspecified atom stereocenters. The zero-order valence-electron chi connectivity index (χ0n) is 10.8. The quantitative estimate of drug-likeness (QED) is 0.794. The van der Waals surface area contributed by atoms with Crippen LogP contribution in [0.4, 0.5) is 0 Å². The van der Waals surface area contributed by atoms with Crippen molar-refractivity contribution in [3.63, 3.8) is 0 Å². The fourth-order valence-corrected chi connectivity index (χ4v) is 2.56. The van der Waals surface area contributed by atoms with Gasteiger partial charge in [0.05, 0.1) is 5.69 Å². The lowest BCUT2D eigenvalue weighted by atomic mass is 10.2. The number of nitrogens with one attached hydrogen (secondary N) is 1. The number of aryl methyl sites for hydroxylation is 2. The summed E-state index contributed by atoms with van der Waals surface area (Å²) < 4.78 is 1.91. The smallest absolute Gasteiger partial charge is 0.0666 e. The number of aromatic nitrogens is 2. The lowest BCUT2D eigenvalue weighted by Crippen LogP contribution is -2.30. The van der Waals surface area contributed by atoms with E-state index >= 15 is 0 Å². The van der Waals surface area contributed by atoms with Crippen LogP contribution in [0.1, 0.15) is 31.5 Å². The highest BCUT2D eigenvalue weighted by molar-refractivity contribution is 7.98. The Balaban J connectivity index is 2.52. The number of hydrogen-bond acceptors (Lipinski definition) is 3. The van der Waals surface area contributed by atoms with Crippen LogP contribution in [0.2, 0.25) is 0 Å². The summed E-state index contributed by atoms with van der Waals surface area (Å²) in [7, 11) is 1.99. The van der Waals surface area contributed by atoms with E-state index in [0.717, 1.165) is 13.0 Å². The van der Waals surface area contributed by atoms with Crippen LogP contribution in [0.3, 0.4) is 0 Å². The number of thioether (sulfide) groups is 1. The van der Waals surface area contributed by atoms with Crippen LogP contribution in [0.5, 0.6) is 0 Å². The minimum Gasteiger partial charge on any atom is -0.309 e. The molecule has 0 radical (unpaired) electrons. The normalized spacial score (nSPS) is 13.0. The average molecular weight is 241 g/mol. The molecule has 0 aliphatic carbocycles. The van der Waals surface area contributed by atoms with Crippen LogP contribution < -0.4 is 5.32 Å². The van der Waals surface area contributed by atoms with Gasteiger partial charge in [0, 0.05) is 37.1 Å². The Labute approximate surface area is 103 Å². The zero-order chi connectivity index (χ0) is 12.0. The van der Waals surface area contributed by atoms with Crippen LogP contribution in [-0.2, 0) is 20.0 Å². The molecular formula is C12H23N3S. The molecule has 0 amide bonds. The van der Waals surface area contributed by atoms with Crippen molar-refractivity contribution in [3.8, 4) is 0 Å². The molecule has 1 aromatic rings. The molecule has 0 bridgehead atoms. The van der Waals surface area contributed by atoms with E-state index in [1.807, 2.05) is 23.5 Å². The van der Waals surface area contributed by atoms with E-state index in [9.17, 15) is 0 Å². The summed E-state index contributed by atoms with van der Waals surface area (Å²) >= 11 is 1.90. The Bertz CT molecular complexity index is 309. The Morgan fingerprint density at radius 1 is 1.50 bits per heavy atom. The number of hydrogen-bond donors (Lipinski definition) is 1. The molecule has 0 fully saturated rings. The SMILES string of the molecule is CCc1nn(C)cc1CNC(CC)CSC. The van der Waals surface area contributed by atoms with Crippen molar-refractivity contribution < 1.29 is 0 Å².